The molecule has 0 aromatic carbocycles. The van der Waals surface area contributed by atoms with Crippen molar-refractivity contribution in [3.63, 3.8) is 0 Å². The Morgan fingerprint density at radius 2 is 2.38 bits per heavy atom. The Balaban J connectivity index is 2.62. The van der Waals surface area contributed by atoms with Gasteiger partial charge in [0.25, 0.3) is 0 Å². The van der Waals surface area contributed by atoms with Crippen molar-refractivity contribution >= 4 is 33.2 Å². The van der Waals surface area contributed by atoms with Crippen LogP contribution in [-0.4, -0.2) is 9.38 Å². The number of hydrogen-bond donors (Lipinski definition) is 0. The molecule has 0 saturated heterocycles. The summed E-state index contributed by atoms with van der Waals surface area (Å²) in [5, 5.41) is -0.0429. The zero-order chi connectivity index (χ0) is 9.42. The van der Waals surface area contributed by atoms with E-state index in [4.69, 9.17) is 11.6 Å². The van der Waals surface area contributed by atoms with Crippen LogP contribution >= 0.6 is 27.5 Å². The van der Waals surface area contributed by atoms with Crippen LogP contribution in [0.3, 0.4) is 0 Å². The molecule has 0 bridgehead atoms. The highest BCUT2D eigenvalue weighted by Gasteiger charge is 2.06. The van der Waals surface area contributed by atoms with E-state index in [9.17, 15) is 0 Å². The number of hydrogen-bond acceptors (Lipinski definition) is 1. The number of halogens is 2. The summed E-state index contributed by atoms with van der Waals surface area (Å²) in [6, 6.07) is 3.93. The molecule has 0 fully saturated rings. The summed E-state index contributed by atoms with van der Waals surface area (Å²) in [5.41, 5.74) is 1.82. The average molecular weight is 260 g/mol. The highest BCUT2D eigenvalue weighted by molar-refractivity contribution is 9.10. The lowest BCUT2D eigenvalue weighted by Crippen LogP contribution is -1.81. The first kappa shape index (κ1) is 9.03. The number of nitrogens with zero attached hydrogens (tertiary/aromatic N) is 2. The van der Waals surface area contributed by atoms with Crippen molar-refractivity contribution in [3.05, 3.63) is 34.7 Å². The molecule has 2 aromatic rings. The van der Waals surface area contributed by atoms with Gasteiger partial charge >= 0.3 is 0 Å². The van der Waals surface area contributed by atoms with Gasteiger partial charge in [-0.15, -0.1) is 11.6 Å². The van der Waals surface area contributed by atoms with Crippen molar-refractivity contribution in [1.82, 2.24) is 9.38 Å². The molecule has 0 aliphatic rings. The molecule has 4 heteroatoms. The molecule has 0 saturated carbocycles. The molecular formula is C9H8BrClN2. The lowest BCUT2D eigenvalue weighted by Gasteiger charge is -1.92. The second-order valence-electron chi connectivity index (χ2n) is 2.89. The highest BCUT2D eigenvalue weighted by Crippen LogP contribution is 2.20. The summed E-state index contributed by atoms with van der Waals surface area (Å²) in [6.45, 7) is 1.92. The first-order valence-corrected chi connectivity index (χ1v) is 5.18. The van der Waals surface area contributed by atoms with Crippen molar-refractivity contribution in [2.45, 2.75) is 12.3 Å². The summed E-state index contributed by atoms with van der Waals surface area (Å²) in [7, 11) is 0. The average Bonchev–Trinajstić information content (AvgIpc) is 2.46. The molecule has 0 aliphatic carbocycles. The maximum atomic E-state index is 5.93. The van der Waals surface area contributed by atoms with E-state index in [2.05, 4.69) is 20.9 Å². The lowest BCUT2D eigenvalue weighted by molar-refractivity contribution is 1.02. The smallest absolute Gasteiger partial charge is 0.138 e. The Labute approximate surface area is 89.7 Å². The van der Waals surface area contributed by atoms with Crippen LogP contribution in [0.25, 0.3) is 5.65 Å². The predicted octanol–water partition coefficient (Wildman–Crippen LogP) is 3.40. The third-order valence-corrected chi connectivity index (χ3v) is 2.57. The largest absolute Gasteiger partial charge is 0.307 e. The molecule has 2 heterocycles. The summed E-state index contributed by atoms with van der Waals surface area (Å²) in [5.74, 6) is 0. The van der Waals surface area contributed by atoms with Gasteiger partial charge in [-0.05, 0) is 19.1 Å². The second-order valence-corrected chi connectivity index (χ2v) is 4.46. The fraction of sp³-hybridized carbons (Fsp3) is 0.222. The normalized spacial score (nSPS) is 13.5. The van der Waals surface area contributed by atoms with Gasteiger partial charge in [0.05, 0.1) is 11.1 Å². The van der Waals surface area contributed by atoms with E-state index in [1.165, 1.54) is 0 Å². The van der Waals surface area contributed by atoms with Crippen LogP contribution in [0.2, 0.25) is 0 Å². The maximum Gasteiger partial charge on any atom is 0.138 e. The zero-order valence-corrected chi connectivity index (χ0v) is 9.38. The van der Waals surface area contributed by atoms with Gasteiger partial charge in [-0.25, -0.2) is 4.98 Å². The Bertz CT molecular complexity index is 436. The second kappa shape index (κ2) is 3.31. The first-order chi connectivity index (χ1) is 6.16. The number of fused-ring (bicyclic) bond motifs is 1. The van der Waals surface area contributed by atoms with Gasteiger partial charge in [0.1, 0.15) is 5.65 Å². The Kier molecular flexibility index (Phi) is 2.30. The minimum atomic E-state index is -0.0429. The van der Waals surface area contributed by atoms with E-state index in [1.54, 1.807) is 0 Å². The van der Waals surface area contributed by atoms with E-state index in [-0.39, 0.29) is 5.38 Å². The molecule has 0 amide bonds. The fourth-order valence-electron chi connectivity index (χ4n) is 1.17. The van der Waals surface area contributed by atoms with E-state index in [1.807, 2.05) is 35.9 Å². The number of aromatic nitrogens is 2. The Morgan fingerprint density at radius 3 is 3.08 bits per heavy atom. The third-order valence-electron chi connectivity index (χ3n) is 1.85. The van der Waals surface area contributed by atoms with E-state index in [0.717, 1.165) is 15.8 Å². The van der Waals surface area contributed by atoms with Crippen LogP contribution in [0.5, 0.6) is 0 Å². The summed E-state index contributed by atoms with van der Waals surface area (Å²) in [4.78, 5) is 4.37. The molecule has 0 radical (unpaired) electrons. The maximum absolute atomic E-state index is 5.93. The molecule has 68 valence electrons. The van der Waals surface area contributed by atoms with Gasteiger partial charge in [0.15, 0.2) is 0 Å². The minimum absolute atomic E-state index is 0.0429. The molecule has 2 aromatic heterocycles. The standard InChI is InChI=1S/C9H8BrClN2/c1-6(11)8-5-13-3-2-7(10)4-9(13)12-8/h2-6H,1H3. The van der Waals surface area contributed by atoms with Crippen molar-refractivity contribution in [2.24, 2.45) is 0 Å². The van der Waals surface area contributed by atoms with Crippen LogP contribution in [0.1, 0.15) is 18.0 Å². The monoisotopic (exact) mass is 258 g/mol. The zero-order valence-electron chi connectivity index (χ0n) is 7.04. The summed E-state index contributed by atoms with van der Waals surface area (Å²) < 4.78 is 2.98. The molecule has 1 unspecified atom stereocenters. The van der Waals surface area contributed by atoms with Gasteiger partial charge in [0.2, 0.25) is 0 Å². The molecule has 1 atom stereocenters. The Morgan fingerprint density at radius 1 is 1.62 bits per heavy atom. The van der Waals surface area contributed by atoms with Gasteiger partial charge in [0, 0.05) is 16.9 Å². The molecule has 2 nitrogen and oxygen atoms in total. The quantitative estimate of drug-likeness (QED) is 0.718. The van der Waals surface area contributed by atoms with Crippen molar-refractivity contribution < 1.29 is 0 Å². The van der Waals surface area contributed by atoms with Gasteiger partial charge < -0.3 is 4.40 Å². The lowest BCUT2D eigenvalue weighted by atomic mass is 10.4. The molecule has 0 N–H and O–H groups in total. The first-order valence-electron chi connectivity index (χ1n) is 3.95. The SMILES string of the molecule is CC(Cl)c1cn2ccc(Br)cc2n1. The van der Waals surface area contributed by atoms with Crippen LogP contribution < -0.4 is 0 Å². The van der Waals surface area contributed by atoms with E-state index >= 15 is 0 Å². The van der Waals surface area contributed by atoms with E-state index < -0.39 is 0 Å². The highest BCUT2D eigenvalue weighted by atomic mass is 79.9. The molecule has 0 aliphatic heterocycles. The summed E-state index contributed by atoms with van der Waals surface area (Å²) in [6.07, 6.45) is 3.90. The van der Waals surface area contributed by atoms with Gasteiger partial charge in [-0.3, -0.25) is 0 Å². The van der Waals surface area contributed by atoms with Crippen molar-refractivity contribution in [1.29, 1.82) is 0 Å². The van der Waals surface area contributed by atoms with E-state index in [0.29, 0.717) is 0 Å². The van der Waals surface area contributed by atoms with Crippen LogP contribution in [0, 0.1) is 0 Å². The van der Waals surface area contributed by atoms with Crippen molar-refractivity contribution in [3.8, 4) is 0 Å². The van der Waals surface area contributed by atoms with Gasteiger partial charge in [-0.2, -0.15) is 0 Å². The summed E-state index contributed by atoms with van der Waals surface area (Å²) >= 11 is 9.32. The topological polar surface area (TPSA) is 17.3 Å². The van der Waals surface area contributed by atoms with Crippen LogP contribution in [0.15, 0.2) is 29.0 Å². The van der Waals surface area contributed by atoms with Crippen molar-refractivity contribution in [2.75, 3.05) is 0 Å². The van der Waals surface area contributed by atoms with Gasteiger partial charge in [-0.1, -0.05) is 15.9 Å². The van der Waals surface area contributed by atoms with Crippen LogP contribution in [-0.2, 0) is 0 Å². The predicted molar refractivity (Wildman–Crippen MR) is 57.2 cm³/mol. The third kappa shape index (κ3) is 1.71. The molecule has 0 spiro atoms. The number of rotatable bonds is 1. The minimum Gasteiger partial charge on any atom is -0.307 e. The van der Waals surface area contributed by atoms with Crippen LogP contribution in [0.4, 0.5) is 0 Å². The fourth-order valence-corrected chi connectivity index (χ4v) is 1.60. The molecular weight excluding hydrogens is 251 g/mol. The number of imidazole rings is 1. The molecule has 2 rings (SSSR count). The molecule has 13 heavy (non-hydrogen) atoms. The Hall–Kier alpha value is -0.540. The number of pyridine rings is 1. The number of alkyl halides is 1.